The number of thiazole rings is 1. The largest absolute Gasteiger partial charge is 0.465 e. The van der Waals surface area contributed by atoms with Crippen molar-refractivity contribution in [3.63, 3.8) is 0 Å². The van der Waals surface area contributed by atoms with Crippen LogP contribution in [0.1, 0.15) is 40.3 Å². The first-order valence-electron chi connectivity index (χ1n) is 4.43. The monoisotopic (exact) mass is 250 g/mol. The topological polar surface area (TPSA) is 65.2 Å². The maximum atomic E-state index is 11.3. The second-order valence-corrected chi connectivity index (χ2v) is 3.99. The van der Waals surface area contributed by atoms with Crippen molar-refractivity contribution in [3.05, 3.63) is 15.6 Å². The molecule has 1 aromatic heterocycles. The zero-order valence-electron chi connectivity index (χ0n) is 8.94. The Hall–Kier alpha value is -0.650. The number of halogens is 1. The molecule has 1 heterocycles. The number of hydrogen-bond donors (Lipinski definition) is 1. The van der Waals surface area contributed by atoms with Crippen molar-refractivity contribution in [3.8, 4) is 0 Å². The highest BCUT2D eigenvalue weighted by Crippen LogP contribution is 2.23. The molecule has 86 valence electrons. The van der Waals surface area contributed by atoms with Gasteiger partial charge in [0, 0.05) is 0 Å². The van der Waals surface area contributed by atoms with Gasteiger partial charge in [0.05, 0.1) is 18.8 Å². The van der Waals surface area contributed by atoms with Crippen molar-refractivity contribution in [2.24, 2.45) is 5.73 Å². The molecule has 1 aromatic rings. The smallest absolute Gasteiger partial charge is 0.349 e. The predicted molar refractivity (Wildman–Crippen MR) is 62.7 cm³/mol. The fourth-order valence-electron chi connectivity index (χ4n) is 1.06. The zero-order chi connectivity index (χ0) is 10.7. The van der Waals surface area contributed by atoms with Crippen molar-refractivity contribution in [2.75, 3.05) is 7.11 Å². The molecule has 6 heteroatoms. The van der Waals surface area contributed by atoms with E-state index in [0.29, 0.717) is 11.3 Å². The van der Waals surface area contributed by atoms with E-state index < -0.39 is 0 Å². The summed E-state index contributed by atoms with van der Waals surface area (Å²) >= 11 is 1.31. The van der Waals surface area contributed by atoms with Gasteiger partial charge in [0.15, 0.2) is 0 Å². The van der Waals surface area contributed by atoms with Crippen LogP contribution in [0.4, 0.5) is 0 Å². The van der Waals surface area contributed by atoms with Gasteiger partial charge in [0.25, 0.3) is 0 Å². The van der Waals surface area contributed by atoms with E-state index in [1.807, 2.05) is 13.8 Å². The Bertz CT molecular complexity index is 339. The van der Waals surface area contributed by atoms with Gasteiger partial charge in [-0.1, -0.05) is 6.92 Å². The van der Waals surface area contributed by atoms with Gasteiger partial charge in [0.1, 0.15) is 9.88 Å². The summed E-state index contributed by atoms with van der Waals surface area (Å²) in [5.41, 5.74) is 6.46. The first-order valence-corrected chi connectivity index (χ1v) is 5.25. The van der Waals surface area contributed by atoms with E-state index in [9.17, 15) is 4.79 Å². The summed E-state index contributed by atoms with van der Waals surface area (Å²) in [6, 6.07) is -0.135. The molecular formula is C9H15ClN2O2S. The van der Waals surface area contributed by atoms with Gasteiger partial charge in [-0.05, 0) is 13.3 Å². The maximum Gasteiger partial charge on any atom is 0.349 e. The van der Waals surface area contributed by atoms with Crippen LogP contribution >= 0.6 is 23.7 Å². The van der Waals surface area contributed by atoms with Crippen molar-refractivity contribution in [1.29, 1.82) is 0 Å². The minimum atomic E-state index is -0.328. The lowest BCUT2D eigenvalue weighted by atomic mass is 10.3. The Morgan fingerprint density at radius 3 is 2.67 bits per heavy atom. The van der Waals surface area contributed by atoms with Gasteiger partial charge in [0.2, 0.25) is 0 Å². The summed E-state index contributed by atoms with van der Waals surface area (Å²) in [6.45, 7) is 3.80. The van der Waals surface area contributed by atoms with Crippen LogP contribution in [-0.2, 0) is 11.2 Å². The summed E-state index contributed by atoms with van der Waals surface area (Å²) < 4.78 is 4.66. The van der Waals surface area contributed by atoms with E-state index >= 15 is 0 Å². The van der Waals surface area contributed by atoms with E-state index in [0.717, 1.165) is 10.7 Å². The van der Waals surface area contributed by atoms with Gasteiger partial charge in [-0.25, -0.2) is 9.78 Å². The van der Waals surface area contributed by atoms with Crippen molar-refractivity contribution < 1.29 is 9.53 Å². The number of esters is 1. The average Bonchev–Trinajstić information content (AvgIpc) is 2.60. The highest BCUT2D eigenvalue weighted by atomic mass is 35.5. The number of aryl methyl sites for hydroxylation is 1. The minimum absolute atomic E-state index is 0. The highest BCUT2D eigenvalue weighted by molar-refractivity contribution is 7.13. The molecule has 0 saturated heterocycles. The second-order valence-electron chi connectivity index (χ2n) is 2.96. The van der Waals surface area contributed by atoms with Gasteiger partial charge in [-0.2, -0.15) is 0 Å². The van der Waals surface area contributed by atoms with Gasteiger partial charge >= 0.3 is 5.97 Å². The van der Waals surface area contributed by atoms with Gasteiger partial charge in [-0.3, -0.25) is 0 Å². The lowest BCUT2D eigenvalue weighted by Gasteiger charge is -1.96. The van der Waals surface area contributed by atoms with Crippen LogP contribution in [0.5, 0.6) is 0 Å². The first-order chi connectivity index (χ1) is 6.60. The van der Waals surface area contributed by atoms with E-state index in [2.05, 4.69) is 9.72 Å². The molecule has 0 aromatic carbocycles. The summed E-state index contributed by atoms with van der Waals surface area (Å²) in [4.78, 5) is 16.2. The minimum Gasteiger partial charge on any atom is -0.465 e. The number of rotatable bonds is 3. The third kappa shape index (κ3) is 3.15. The van der Waals surface area contributed by atoms with Crippen molar-refractivity contribution in [1.82, 2.24) is 4.98 Å². The fraction of sp³-hybridized carbons (Fsp3) is 0.556. The Morgan fingerprint density at radius 1 is 1.67 bits per heavy atom. The lowest BCUT2D eigenvalue weighted by Crippen LogP contribution is -2.04. The predicted octanol–water partition coefficient (Wildman–Crippen LogP) is 1.93. The van der Waals surface area contributed by atoms with E-state index in [1.54, 1.807) is 0 Å². The lowest BCUT2D eigenvalue weighted by molar-refractivity contribution is 0.0605. The number of nitrogens with zero attached hydrogens (tertiary/aromatic N) is 1. The average molecular weight is 251 g/mol. The molecule has 15 heavy (non-hydrogen) atoms. The third-order valence-corrected chi connectivity index (χ3v) is 3.09. The van der Waals surface area contributed by atoms with Crippen LogP contribution in [-0.4, -0.2) is 18.1 Å². The zero-order valence-corrected chi connectivity index (χ0v) is 10.6. The number of aromatic nitrogens is 1. The first kappa shape index (κ1) is 14.3. The molecule has 1 unspecified atom stereocenters. The Balaban J connectivity index is 0.00000196. The maximum absolute atomic E-state index is 11.3. The number of carbonyl (C=O) groups excluding carboxylic acids is 1. The standard InChI is InChI=1S/C9H14N2O2S.ClH/c1-4-6-7(9(12)13-3)14-8(11-6)5(2)10;/h5H,4,10H2,1-3H3;1H. The number of nitrogens with two attached hydrogens (primary N) is 1. The molecular weight excluding hydrogens is 236 g/mol. The number of methoxy groups -OCH3 is 1. The summed E-state index contributed by atoms with van der Waals surface area (Å²) in [6.07, 6.45) is 0.716. The SMILES string of the molecule is CCc1nc(C(C)N)sc1C(=O)OC.Cl. The molecule has 0 spiro atoms. The molecule has 1 atom stereocenters. The van der Waals surface area contributed by atoms with Crippen LogP contribution in [0.3, 0.4) is 0 Å². The van der Waals surface area contributed by atoms with Gasteiger partial charge in [-0.15, -0.1) is 23.7 Å². The molecule has 0 radical (unpaired) electrons. The molecule has 0 bridgehead atoms. The highest BCUT2D eigenvalue weighted by Gasteiger charge is 2.18. The molecule has 0 aliphatic heterocycles. The fourth-order valence-corrected chi connectivity index (χ4v) is 2.08. The van der Waals surface area contributed by atoms with Gasteiger partial charge < -0.3 is 10.5 Å². The summed E-state index contributed by atoms with van der Waals surface area (Å²) in [5, 5.41) is 0.780. The second kappa shape index (κ2) is 6.05. The summed E-state index contributed by atoms with van der Waals surface area (Å²) in [7, 11) is 1.37. The van der Waals surface area contributed by atoms with E-state index in [-0.39, 0.29) is 24.4 Å². The Kier molecular flexibility index (Phi) is 5.79. The molecule has 0 fully saturated rings. The van der Waals surface area contributed by atoms with Crippen LogP contribution in [0, 0.1) is 0 Å². The molecule has 0 aliphatic carbocycles. The molecule has 4 nitrogen and oxygen atoms in total. The molecule has 0 amide bonds. The van der Waals surface area contributed by atoms with Crippen LogP contribution in [0.2, 0.25) is 0 Å². The van der Waals surface area contributed by atoms with Crippen molar-refractivity contribution in [2.45, 2.75) is 26.3 Å². The van der Waals surface area contributed by atoms with Crippen LogP contribution < -0.4 is 5.73 Å². The van der Waals surface area contributed by atoms with Crippen LogP contribution in [0.25, 0.3) is 0 Å². The number of hydrogen-bond acceptors (Lipinski definition) is 5. The number of ether oxygens (including phenoxy) is 1. The molecule has 0 saturated carbocycles. The molecule has 0 aliphatic rings. The van der Waals surface area contributed by atoms with Crippen molar-refractivity contribution >= 4 is 29.7 Å². The third-order valence-electron chi connectivity index (χ3n) is 1.81. The molecule has 1 rings (SSSR count). The quantitative estimate of drug-likeness (QED) is 0.833. The van der Waals surface area contributed by atoms with Crippen LogP contribution in [0.15, 0.2) is 0 Å². The van der Waals surface area contributed by atoms with E-state index in [1.165, 1.54) is 18.4 Å². The molecule has 2 N–H and O–H groups in total. The summed E-state index contributed by atoms with van der Waals surface area (Å²) in [5.74, 6) is -0.328. The normalized spacial score (nSPS) is 11.7. The Labute approximate surface area is 99.2 Å². The number of carbonyl (C=O) groups is 1. The Morgan fingerprint density at radius 2 is 2.27 bits per heavy atom. The van der Waals surface area contributed by atoms with E-state index in [4.69, 9.17) is 5.73 Å².